The zero-order valence-electron chi connectivity index (χ0n) is 50.4. The molecule has 454 valence electrons. The van der Waals surface area contributed by atoms with E-state index in [9.17, 15) is 19.8 Å². The van der Waals surface area contributed by atoms with Gasteiger partial charge in [-0.25, -0.2) is 0 Å². The second-order valence-electron chi connectivity index (χ2n) is 29.7. The maximum atomic E-state index is 13.3. The molecule has 2 spiro atoms. The number of carbonyl (C=O) groups excluding carboxylic acids is 2. The van der Waals surface area contributed by atoms with Crippen LogP contribution < -0.4 is 4.74 Å². The Morgan fingerprint density at radius 1 is 0.659 bits per heavy atom. The van der Waals surface area contributed by atoms with E-state index in [4.69, 9.17) is 42.6 Å². The molecule has 3 heterocycles. The van der Waals surface area contributed by atoms with Crippen molar-refractivity contribution in [2.24, 2.45) is 52.3 Å². The second-order valence-corrected chi connectivity index (χ2v) is 29.7. The highest BCUT2D eigenvalue weighted by atomic mass is 16.8. The summed E-state index contributed by atoms with van der Waals surface area (Å²) in [5.41, 5.74) is -0.262. The van der Waals surface area contributed by atoms with Gasteiger partial charge in [-0.15, -0.1) is 0 Å². The van der Waals surface area contributed by atoms with Crippen molar-refractivity contribution < 1.29 is 62.4 Å². The van der Waals surface area contributed by atoms with Gasteiger partial charge in [0.05, 0.1) is 29.6 Å². The van der Waals surface area contributed by atoms with Crippen LogP contribution in [0, 0.1) is 52.3 Å². The number of aliphatic hydroxyl groups excluding tert-OH is 1. The van der Waals surface area contributed by atoms with E-state index in [2.05, 4.69) is 19.1 Å². The summed E-state index contributed by atoms with van der Waals surface area (Å²) in [6, 6.07) is 20.0. The predicted molar refractivity (Wildman–Crippen MR) is 309 cm³/mol. The summed E-state index contributed by atoms with van der Waals surface area (Å²) in [6.45, 7) is 11.1. The maximum absolute atomic E-state index is 13.3. The van der Waals surface area contributed by atoms with Gasteiger partial charge in [-0.2, -0.15) is 0 Å². The number of aliphatic hydroxyl groups is 2. The lowest BCUT2D eigenvalue weighted by Crippen LogP contribution is -2.59. The summed E-state index contributed by atoms with van der Waals surface area (Å²) in [5.74, 6) is 5.08. The van der Waals surface area contributed by atoms with Crippen LogP contribution in [0.4, 0.5) is 0 Å². The lowest BCUT2D eigenvalue weighted by molar-refractivity contribution is -0.259. The Morgan fingerprint density at radius 2 is 1.26 bits per heavy atom. The van der Waals surface area contributed by atoms with Crippen LogP contribution in [0.5, 0.6) is 5.75 Å². The van der Waals surface area contributed by atoms with Gasteiger partial charge in [0.15, 0.2) is 24.2 Å². The van der Waals surface area contributed by atoms with Crippen molar-refractivity contribution in [2.75, 3.05) is 13.2 Å². The summed E-state index contributed by atoms with van der Waals surface area (Å²) in [4.78, 5) is 25.8. The summed E-state index contributed by atoms with van der Waals surface area (Å²) in [6.07, 6.45) is 28.4. The smallest absolute Gasteiger partial charge is 0.312 e. The van der Waals surface area contributed by atoms with Crippen LogP contribution in [0.2, 0.25) is 0 Å². The fourth-order valence-electron chi connectivity index (χ4n) is 19.3. The van der Waals surface area contributed by atoms with Gasteiger partial charge in [0.2, 0.25) is 0 Å². The lowest BCUT2D eigenvalue weighted by atomic mass is 9.48. The topological polar surface area (TPSA) is 158 Å². The Kier molecular flexibility index (Phi) is 17.2. The number of esters is 2. The molecule has 3 saturated heterocycles. The Labute approximate surface area is 489 Å². The summed E-state index contributed by atoms with van der Waals surface area (Å²) in [5, 5.41) is 21.4. The maximum Gasteiger partial charge on any atom is 0.312 e. The van der Waals surface area contributed by atoms with Crippen LogP contribution in [0.3, 0.4) is 0 Å². The van der Waals surface area contributed by atoms with E-state index in [1.165, 1.54) is 63.4 Å². The van der Waals surface area contributed by atoms with E-state index in [0.29, 0.717) is 37.4 Å². The normalized spacial score (nSPS) is 41.2. The molecule has 11 atom stereocenters. The minimum absolute atomic E-state index is 0.0671. The fourth-order valence-corrected chi connectivity index (χ4v) is 19.3. The van der Waals surface area contributed by atoms with E-state index >= 15 is 0 Å². The van der Waals surface area contributed by atoms with Crippen molar-refractivity contribution in [3.05, 3.63) is 66.2 Å². The van der Waals surface area contributed by atoms with Gasteiger partial charge in [-0.3, -0.25) is 9.59 Å². The molecule has 2 N–H and O–H groups in total. The van der Waals surface area contributed by atoms with Gasteiger partial charge in [0.25, 0.3) is 0 Å². The zero-order chi connectivity index (χ0) is 57.0. The SMILES string of the molecule is CC(C)(C)OC(=O)C12CC3CC(CC(O)(C3)C1)C2.CC(OCCc1ccccc1)Oc1ccccc1.CC[C@@]1(OC(=O)C23CC4CC(CC(C4)C2)C3)C[C@H]2CC[C@@H]1C2.O[C@@H]1[C@H]2OC3(CCCCC3)O[C@H]2O[C@@H]1C1COC2(CCCCC2)O1. The van der Waals surface area contributed by atoms with E-state index in [1.54, 1.807) is 0 Å². The second kappa shape index (κ2) is 23.9. The number of carbonyl (C=O) groups is 2. The molecule has 12 saturated carbocycles. The molecular weight excluding hydrogens is 1040 g/mol. The van der Waals surface area contributed by atoms with Gasteiger partial charge in [-0.1, -0.05) is 68.3 Å². The third kappa shape index (κ3) is 12.8. The number of ether oxygens (including phenoxy) is 9. The minimum Gasteiger partial charge on any atom is -0.465 e. The first-order valence-corrected chi connectivity index (χ1v) is 32.9. The van der Waals surface area contributed by atoms with Crippen LogP contribution >= 0.6 is 0 Å². The fraction of sp³-hybridized carbons (Fsp3) is 0.797. The molecule has 0 aromatic heterocycles. The first kappa shape index (κ1) is 59.2. The molecule has 10 bridgehead atoms. The van der Waals surface area contributed by atoms with Crippen molar-refractivity contribution >= 4 is 11.9 Å². The highest BCUT2D eigenvalue weighted by Crippen LogP contribution is 2.64. The van der Waals surface area contributed by atoms with Crippen molar-refractivity contribution in [2.45, 2.75) is 280 Å². The van der Waals surface area contributed by atoms with E-state index in [1.807, 2.05) is 76.2 Å². The Hall–Kier alpha value is -3.14. The van der Waals surface area contributed by atoms with Crippen molar-refractivity contribution in [1.29, 1.82) is 0 Å². The number of hydrogen-bond donors (Lipinski definition) is 2. The van der Waals surface area contributed by atoms with Crippen LogP contribution in [-0.2, 0) is 53.9 Å². The van der Waals surface area contributed by atoms with Crippen molar-refractivity contribution in [3.63, 3.8) is 0 Å². The third-order valence-electron chi connectivity index (χ3n) is 22.2. The third-order valence-corrected chi connectivity index (χ3v) is 22.2. The standard InChI is InChI=1S/C20H30O2.C18H28O6.C16H18O2.C15H24O3/c1-2-20(12-13-3-4-17(20)8-13)22-18(21)19-9-14-5-15(10-19)7-16(6-14)11-19;19-13-14(12-11-20-17(22-12)7-3-1-4-8-17)21-16-15(13)23-18(24-16)9-5-2-6-10-18;1-14(18-16-10-6-3-7-11-16)17-13-12-15-8-4-2-5-9-15;1-13(2,3)18-12(16)14-5-10-4-11(6-14)8-15(17,7-10)9-14/h13-17H,2-12H2,1H3;12-16,19H,1-11H2;2-11,14H,12-13H2,1H3;10-11,17H,4-9H2,1-3H3/t13-,14?,15?,16?,17+,19?,20+;12?,13-,14+,15+,16+;;/m00../s1. The summed E-state index contributed by atoms with van der Waals surface area (Å²) in [7, 11) is 0. The first-order valence-electron chi connectivity index (χ1n) is 32.9. The number of rotatable bonds is 11. The molecule has 0 radical (unpaired) electrons. The Bertz CT molecular complexity index is 2410. The number of benzene rings is 2. The first-order chi connectivity index (χ1) is 39.3. The van der Waals surface area contributed by atoms with Gasteiger partial charge in [0.1, 0.15) is 41.4 Å². The van der Waals surface area contributed by atoms with Crippen molar-refractivity contribution in [1.82, 2.24) is 0 Å². The number of hydrogen-bond acceptors (Lipinski definition) is 13. The lowest BCUT2D eigenvalue weighted by Gasteiger charge is -2.59. The summed E-state index contributed by atoms with van der Waals surface area (Å²) < 4.78 is 53.8. The van der Waals surface area contributed by atoms with Gasteiger partial charge >= 0.3 is 11.9 Å². The monoisotopic (exact) mass is 1140 g/mol. The molecule has 12 aliphatic carbocycles. The quantitative estimate of drug-likeness (QED) is 0.162. The van der Waals surface area contributed by atoms with Crippen molar-refractivity contribution in [3.8, 4) is 5.75 Å². The molecule has 3 aliphatic heterocycles. The largest absolute Gasteiger partial charge is 0.465 e. The van der Waals surface area contributed by atoms with E-state index < -0.39 is 47.4 Å². The molecule has 2 aromatic carbocycles. The molecule has 82 heavy (non-hydrogen) atoms. The minimum atomic E-state index is -0.719. The molecule has 17 rings (SSSR count). The predicted octanol–water partition coefficient (Wildman–Crippen LogP) is 13.3. The highest BCUT2D eigenvalue weighted by molar-refractivity contribution is 5.79. The van der Waals surface area contributed by atoms with E-state index in [-0.39, 0.29) is 40.8 Å². The Balaban J connectivity index is 0.000000109. The van der Waals surface area contributed by atoms with Crippen LogP contribution in [0.15, 0.2) is 60.7 Å². The highest BCUT2D eigenvalue weighted by Gasteiger charge is 2.64. The zero-order valence-corrected chi connectivity index (χ0v) is 50.4. The van der Waals surface area contributed by atoms with Gasteiger partial charge < -0.3 is 52.8 Å². The van der Waals surface area contributed by atoms with Crippen LogP contribution in [0.25, 0.3) is 0 Å². The molecular formula is C69H100O13. The molecule has 13 heteroatoms. The van der Waals surface area contributed by atoms with E-state index in [0.717, 1.165) is 145 Å². The van der Waals surface area contributed by atoms with Gasteiger partial charge in [-0.05, 0) is 228 Å². The number of fused-ring (bicyclic) bond motifs is 3. The molecule has 4 unspecified atom stereocenters. The average molecular weight is 1140 g/mol. The van der Waals surface area contributed by atoms with Crippen LogP contribution in [0.1, 0.15) is 214 Å². The van der Waals surface area contributed by atoms with Crippen LogP contribution in [-0.4, -0.2) is 101 Å². The summed E-state index contributed by atoms with van der Waals surface area (Å²) >= 11 is 0. The van der Waals surface area contributed by atoms with Gasteiger partial charge in [0, 0.05) is 25.7 Å². The molecule has 2 aromatic rings. The molecule has 15 fully saturated rings. The molecule has 13 nitrogen and oxygen atoms in total. The Morgan fingerprint density at radius 3 is 1.82 bits per heavy atom. The number of para-hydroxylation sites is 1. The molecule has 15 aliphatic rings. The average Bonchev–Trinajstić information content (AvgIpc) is 3.94. The molecule has 0 amide bonds.